The summed E-state index contributed by atoms with van der Waals surface area (Å²) in [4.78, 5) is 2.55. The summed E-state index contributed by atoms with van der Waals surface area (Å²) in [5, 5.41) is 0. The van der Waals surface area contributed by atoms with E-state index in [1.807, 2.05) is 0 Å². The van der Waals surface area contributed by atoms with Crippen molar-refractivity contribution >= 4 is 7.85 Å². The molecule has 14 heavy (non-hydrogen) atoms. The van der Waals surface area contributed by atoms with Crippen molar-refractivity contribution in [3.63, 3.8) is 0 Å². The van der Waals surface area contributed by atoms with Crippen LogP contribution in [-0.4, -0.2) is 32.4 Å². The molecular formula is C12H22BN. The first kappa shape index (κ1) is 10.5. The van der Waals surface area contributed by atoms with E-state index in [1.54, 1.807) is 0 Å². The summed E-state index contributed by atoms with van der Waals surface area (Å²) in [6.07, 6.45) is 9.56. The van der Waals surface area contributed by atoms with Crippen LogP contribution >= 0.6 is 0 Å². The van der Waals surface area contributed by atoms with Crippen LogP contribution in [-0.2, 0) is 0 Å². The minimum absolute atomic E-state index is 0.507. The van der Waals surface area contributed by atoms with Gasteiger partial charge in [-0.25, -0.2) is 0 Å². The zero-order valence-electron chi connectivity index (χ0n) is 9.41. The van der Waals surface area contributed by atoms with Gasteiger partial charge in [-0.3, -0.25) is 0 Å². The van der Waals surface area contributed by atoms with Gasteiger partial charge in [0.2, 0.25) is 0 Å². The van der Waals surface area contributed by atoms with Crippen LogP contribution in [0.15, 0.2) is 0 Å². The van der Waals surface area contributed by atoms with Crippen LogP contribution < -0.4 is 0 Å². The molecule has 2 rings (SSSR count). The smallest absolute Gasteiger partial charge is 0.0699 e. The van der Waals surface area contributed by atoms with E-state index in [4.69, 9.17) is 7.85 Å². The van der Waals surface area contributed by atoms with E-state index in [-0.39, 0.29) is 0 Å². The van der Waals surface area contributed by atoms with Crippen LogP contribution in [0.5, 0.6) is 0 Å². The highest BCUT2D eigenvalue weighted by Gasteiger charge is 2.26. The molecule has 0 aromatic carbocycles. The molecule has 1 nitrogen and oxygen atoms in total. The molecule has 1 saturated carbocycles. The van der Waals surface area contributed by atoms with Crippen LogP contribution in [0.1, 0.15) is 44.9 Å². The number of hydrogen-bond acceptors (Lipinski definition) is 1. The van der Waals surface area contributed by atoms with Crippen LogP contribution in [0, 0.1) is 5.92 Å². The van der Waals surface area contributed by atoms with Crippen molar-refractivity contribution in [3.8, 4) is 0 Å². The van der Waals surface area contributed by atoms with Crippen LogP contribution in [0.2, 0.25) is 5.82 Å². The molecule has 0 amide bonds. The van der Waals surface area contributed by atoms with Crippen molar-refractivity contribution in [2.24, 2.45) is 5.92 Å². The predicted molar refractivity (Wildman–Crippen MR) is 61.7 cm³/mol. The van der Waals surface area contributed by atoms with Crippen LogP contribution in [0.4, 0.5) is 0 Å². The molecule has 0 N–H and O–H groups in total. The highest BCUT2D eigenvalue weighted by molar-refractivity contribution is 6.11. The Labute approximate surface area is 89.7 Å². The minimum atomic E-state index is 0.507. The Hall–Kier alpha value is 0.0249. The maximum Gasteiger partial charge on any atom is 0.0699 e. The van der Waals surface area contributed by atoms with Gasteiger partial charge in [-0.15, -0.1) is 0 Å². The molecular weight excluding hydrogens is 169 g/mol. The second-order valence-electron chi connectivity index (χ2n) is 5.29. The average Bonchev–Trinajstić information content (AvgIpc) is 2.56. The zero-order chi connectivity index (χ0) is 9.97. The largest absolute Gasteiger partial charge is 0.303 e. The van der Waals surface area contributed by atoms with Crippen molar-refractivity contribution in [1.82, 2.24) is 4.90 Å². The van der Waals surface area contributed by atoms with E-state index in [0.29, 0.717) is 5.82 Å². The summed E-state index contributed by atoms with van der Waals surface area (Å²) in [6, 6.07) is 0.884. The number of rotatable bonds is 2. The van der Waals surface area contributed by atoms with Crippen LogP contribution in [0.25, 0.3) is 0 Å². The lowest BCUT2D eigenvalue weighted by atomic mass is 9.70. The molecule has 0 unspecified atom stereocenters. The first-order valence-electron chi connectivity index (χ1n) is 6.21. The number of nitrogens with zero attached hydrogens (tertiary/aromatic N) is 1. The summed E-state index contributed by atoms with van der Waals surface area (Å²) in [5.74, 6) is 1.48. The van der Waals surface area contributed by atoms with Crippen molar-refractivity contribution in [2.75, 3.05) is 13.6 Å². The molecule has 2 fully saturated rings. The molecule has 0 spiro atoms. The van der Waals surface area contributed by atoms with Gasteiger partial charge in [-0.2, -0.15) is 0 Å². The summed E-state index contributed by atoms with van der Waals surface area (Å²) in [7, 11) is 8.21. The van der Waals surface area contributed by atoms with Crippen molar-refractivity contribution < 1.29 is 0 Å². The summed E-state index contributed by atoms with van der Waals surface area (Å²) < 4.78 is 0. The van der Waals surface area contributed by atoms with Crippen molar-refractivity contribution in [3.05, 3.63) is 0 Å². The zero-order valence-corrected chi connectivity index (χ0v) is 9.41. The van der Waals surface area contributed by atoms with E-state index in [2.05, 4.69) is 11.9 Å². The quantitative estimate of drug-likeness (QED) is 0.606. The van der Waals surface area contributed by atoms with Gasteiger partial charge in [0.05, 0.1) is 7.85 Å². The lowest BCUT2D eigenvalue weighted by molar-refractivity contribution is 0.229. The second-order valence-corrected chi connectivity index (χ2v) is 5.29. The lowest BCUT2D eigenvalue weighted by Crippen LogP contribution is -2.28. The molecule has 0 bridgehead atoms. The first-order valence-corrected chi connectivity index (χ1v) is 6.21. The third-order valence-electron chi connectivity index (χ3n) is 4.17. The fourth-order valence-electron chi connectivity index (χ4n) is 3.09. The van der Waals surface area contributed by atoms with Gasteiger partial charge < -0.3 is 4.90 Å². The fourth-order valence-corrected chi connectivity index (χ4v) is 3.09. The summed E-state index contributed by atoms with van der Waals surface area (Å²) in [5.41, 5.74) is 0. The van der Waals surface area contributed by atoms with Gasteiger partial charge in [-0.05, 0) is 38.8 Å². The highest BCUT2D eigenvalue weighted by atomic mass is 15.1. The molecule has 1 atom stereocenters. The molecule has 1 heterocycles. The van der Waals surface area contributed by atoms with Gasteiger partial charge in [-0.1, -0.05) is 31.5 Å². The Morgan fingerprint density at radius 2 is 1.86 bits per heavy atom. The molecule has 2 radical (unpaired) electrons. The SMILES string of the molecule is [B]C1CCC(C[C@@H]2CCCN2C)CC1. The summed E-state index contributed by atoms with van der Waals surface area (Å²) in [6.45, 7) is 1.32. The fraction of sp³-hybridized carbons (Fsp3) is 1.00. The molecule has 0 aromatic rings. The van der Waals surface area contributed by atoms with Crippen molar-refractivity contribution in [2.45, 2.75) is 56.8 Å². The van der Waals surface area contributed by atoms with Gasteiger partial charge in [0.25, 0.3) is 0 Å². The first-order chi connectivity index (χ1) is 6.75. The van der Waals surface area contributed by atoms with Gasteiger partial charge in [0.1, 0.15) is 0 Å². The average molecular weight is 191 g/mol. The molecule has 78 valence electrons. The Kier molecular flexibility index (Phi) is 3.54. The Morgan fingerprint density at radius 3 is 2.43 bits per heavy atom. The monoisotopic (exact) mass is 191 g/mol. The van der Waals surface area contributed by atoms with Gasteiger partial charge in [0.15, 0.2) is 0 Å². The molecule has 1 aliphatic heterocycles. The van der Waals surface area contributed by atoms with E-state index in [9.17, 15) is 0 Å². The van der Waals surface area contributed by atoms with Crippen molar-refractivity contribution in [1.29, 1.82) is 0 Å². The van der Waals surface area contributed by atoms with Gasteiger partial charge >= 0.3 is 0 Å². The van der Waals surface area contributed by atoms with Crippen LogP contribution in [0.3, 0.4) is 0 Å². The topological polar surface area (TPSA) is 3.24 Å². The maximum absolute atomic E-state index is 5.92. The number of hydrogen-bond donors (Lipinski definition) is 0. The Balaban J connectivity index is 1.74. The molecule has 1 aliphatic carbocycles. The predicted octanol–water partition coefficient (Wildman–Crippen LogP) is 2.62. The van der Waals surface area contributed by atoms with E-state index >= 15 is 0 Å². The third kappa shape index (κ3) is 2.53. The third-order valence-corrected chi connectivity index (χ3v) is 4.17. The molecule has 2 heteroatoms. The minimum Gasteiger partial charge on any atom is -0.303 e. The van der Waals surface area contributed by atoms with E-state index in [0.717, 1.165) is 12.0 Å². The highest BCUT2D eigenvalue weighted by Crippen LogP contribution is 2.35. The molecule has 1 saturated heterocycles. The number of likely N-dealkylation sites (tertiary alicyclic amines) is 1. The molecule has 2 aliphatic rings. The molecule has 0 aromatic heterocycles. The standard InChI is InChI=1S/C12H22BN/c1-14-8-2-3-12(14)9-10-4-6-11(13)7-5-10/h10-12H,2-9H2,1H3/t10?,11?,12-/m0/s1. The normalized spacial score (nSPS) is 40.2. The Bertz CT molecular complexity index is 175. The van der Waals surface area contributed by atoms with Gasteiger partial charge in [0, 0.05) is 6.04 Å². The lowest BCUT2D eigenvalue weighted by Gasteiger charge is -2.30. The van der Waals surface area contributed by atoms with E-state index in [1.165, 1.54) is 51.5 Å². The summed E-state index contributed by atoms with van der Waals surface area (Å²) >= 11 is 0. The van der Waals surface area contributed by atoms with E-state index < -0.39 is 0 Å². The maximum atomic E-state index is 5.92. The Morgan fingerprint density at radius 1 is 1.14 bits per heavy atom. The second kappa shape index (κ2) is 4.70.